The van der Waals surface area contributed by atoms with Crippen LogP contribution < -0.4 is 0 Å². The van der Waals surface area contributed by atoms with Crippen molar-refractivity contribution in [2.75, 3.05) is 0 Å². The van der Waals surface area contributed by atoms with Gasteiger partial charge in [-0.25, -0.2) is 9.18 Å². The summed E-state index contributed by atoms with van der Waals surface area (Å²) in [4.78, 5) is 10.9. The van der Waals surface area contributed by atoms with E-state index in [-0.39, 0.29) is 11.6 Å². The molecule has 4 nitrogen and oxygen atoms in total. The van der Waals surface area contributed by atoms with Crippen LogP contribution >= 0.6 is 0 Å². The standard InChI is InChI=1S/C15H12FNO3/c1-9-7-10(20-14(9)15(18)19)8-17-6-5-11-12(16)3-2-4-13(11)17/h2-7H,8H2,1H3,(H,18,19). The van der Waals surface area contributed by atoms with E-state index in [0.717, 1.165) is 5.52 Å². The normalized spacial score (nSPS) is 11.1. The molecule has 2 aromatic heterocycles. The van der Waals surface area contributed by atoms with E-state index >= 15 is 0 Å². The zero-order valence-corrected chi connectivity index (χ0v) is 10.8. The number of halogens is 1. The molecule has 0 fully saturated rings. The van der Waals surface area contributed by atoms with Crippen molar-refractivity contribution in [3.05, 3.63) is 59.4 Å². The molecule has 102 valence electrons. The zero-order chi connectivity index (χ0) is 14.3. The predicted octanol–water partition coefficient (Wildman–Crippen LogP) is 3.43. The third kappa shape index (κ3) is 1.97. The first kappa shape index (κ1) is 12.5. The Morgan fingerprint density at radius 2 is 2.20 bits per heavy atom. The van der Waals surface area contributed by atoms with Gasteiger partial charge in [0.25, 0.3) is 0 Å². The van der Waals surface area contributed by atoms with Crippen molar-refractivity contribution < 1.29 is 18.7 Å². The first-order valence-electron chi connectivity index (χ1n) is 6.12. The third-order valence-corrected chi connectivity index (χ3v) is 3.25. The molecule has 2 heterocycles. The Morgan fingerprint density at radius 3 is 2.90 bits per heavy atom. The summed E-state index contributed by atoms with van der Waals surface area (Å²) in [5.41, 5.74) is 1.33. The fourth-order valence-corrected chi connectivity index (χ4v) is 2.33. The molecule has 0 aliphatic carbocycles. The summed E-state index contributed by atoms with van der Waals surface area (Å²) in [6.45, 7) is 2.05. The summed E-state index contributed by atoms with van der Waals surface area (Å²) in [5, 5.41) is 9.50. The van der Waals surface area contributed by atoms with Crippen LogP contribution in [0, 0.1) is 12.7 Å². The number of nitrogens with zero attached hydrogens (tertiary/aromatic N) is 1. The summed E-state index contributed by atoms with van der Waals surface area (Å²) in [6, 6.07) is 8.25. The highest BCUT2D eigenvalue weighted by molar-refractivity contribution is 5.86. The molecule has 0 radical (unpaired) electrons. The molecule has 0 amide bonds. The first-order chi connectivity index (χ1) is 9.56. The third-order valence-electron chi connectivity index (χ3n) is 3.25. The second-order valence-electron chi connectivity index (χ2n) is 4.65. The molecule has 0 spiro atoms. The van der Waals surface area contributed by atoms with Crippen LogP contribution in [0.4, 0.5) is 4.39 Å². The number of hydrogen-bond donors (Lipinski definition) is 1. The number of carboxylic acids is 1. The Hall–Kier alpha value is -2.56. The number of rotatable bonds is 3. The smallest absolute Gasteiger partial charge is 0.372 e. The van der Waals surface area contributed by atoms with Crippen LogP contribution in [0.1, 0.15) is 21.9 Å². The van der Waals surface area contributed by atoms with Crippen LogP contribution in [0.5, 0.6) is 0 Å². The largest absolute Gasteiger partial charge is 0.475 e. The maximum absolute atomic E-state index is 13.6. The molecule has 0 saturated heterocycles. The van der Waals surface area contributed by atoms with Gasteiger partial charge >= 0.3 is 5.97 Å². The summed E-state index contributed by atoms with van der Waals surface area (Å²) in [6.07, 6.45) is 1.76. The van der Waals surface area contributed by atoms with E-state index in [1.54, 1.807) is 31.3 Å². The second kappa shape index (κ2) is 4.52. The van der Waals surface area contributed by atoms with Gasteiger partial charge in [-0.2, -0.15) is 0 Å². The highest BCUT2D eigenvalue weighted by Crippen LogP contribution is 2.22. The Morgan fingerprint density at radius 1 is 1.40 bits per heavy atom. The monoisotopic (exact) mass is 273 g/mol. The van der Waals surface area contributed by atoms with Gasteiger partial charge in [0, 0.05) is 17.1 Å². The maximum Gasteiger partial charge on any atom is 0.372 e. The Bertz CT molecular complexity index is 801. The molecule has 20 heavy (non-hydrogen) atoms. The van der Waals surface area contributed by atoms with Crippen molar-refractivity contribution in [1.29, 1.82) is 0 Å². The lowest BCUT2D eigenvalue weighted by Crippen LogP contribution is -1.97. The average Bonchev–Trinajstić information content (AvgIpc) is 2.95. The van der Waals surface area contributed by atoms with Crippen LogP contribution in [0.2, 0.25) is 0 Å². The van der Waals surface area contributed by atoms with Crippen molar-refractivity contribution in [3.8, 4) is 0 Å². The van der Waals surface area contributed by atoms with Gasteiger partial charge in [0.05, 0.1) is 12.1 Å². The van der Waals surface area contributed by atoms with Crippen LogP contribution in [0.15, 0.2) is 40.9 Å². The molecule has 0 aliphatic rings. The molecular weight excluding hydrogens is 261 g/mol. The van der Waals surface area contributed by atoms with Crippen LogP contribution in [0.3, 0.4) is 0 Å². The molecule has 1 N–H and O–H groups in total. The van der Waals surface area contributed by atoms with Crippen molar-refractivity contribution in [2.45, 2.75) is 13.5 Å². The molecular formula is C15H12FNO3. The Balaban J connectivity index is 1.99. The summed E-state index contributed by atoms with van der Waals surface area (Å²) < 4.78 is 20.7. The number of aryl methyl sites for hydroxylation is 1. The molecule has 0 unspecified atom stereocenters. The minimum absolute atomic E-state index is 0.0531. The van der Waals surface area contributed by atoms with E-state index < -0.39 is 5.97 Å². The maximum atomic E-state index is 13.6. The number of aromatic nitrogens is 1. The molecule has 5 heteroatoms. The molecule has 1 aromatic carbocycles. The van der Waals surface area contributed by atoms with Crippen LogP contribution in [-0.4, -0.2) is 15.6 Å². The van der Waals surface area contributed by atoms with Crippen molar-refractivity contribution in [1.82, 2.24) is 4.57 Å². The highest BCUT2D eigenvalue weighted by Gasteiger charge is 2.15. The van der Waals surface area contributed by atoms with Crippen LogP contribution in [0.25, 0.3) is 10.9 Å². The number of benzene rings is 1. The molecule has 0 saturated carbocycles. The summed E-state index contributed by atoms with van der Waals surface area (Å²) in [7, 11) is 0. The average molecular weight is 273 g/mol. The molecule has 0 aliphatic heterocycles. The number of aromatic carboxylic acids is 1. The molecule has 3 aromatic rings. The lowest BCUT2D eigenvalue weighted by molar-refractivity contribution is 0.0659. The highest BCUT2D eigenvalue weighted by atomic mass is 19.1. The number of carbonyl (C=O) groups is 1. The summed E-state index contributed by atoms with van der Waals surface area (Å²) >= 11 is 0. The van der Waals surface area contributed by atoms with E-state index in [1.165, 1.54) is 6.07 Å². The number of furan rings is 1. The lowest BCUT2D eigenvalue weighted by atomic mass is 10.2. The van der Waals surface area contributed by atoms with Gasteiger partial charge in [-0.3, -0.25) is 0 Å². The molecule has 0 bridgehead atoms. The molecule has 0 atom stereocenters. The fourth-order valence-electron chi connectivity index (χ4n) is 2.33. The van der Waals surface area contributed by atoms with Gasteiger partial charge in [-0.05, 0) is 31.2 Å². The SMILES string of the molecule is Cc1cc(Cn2ccc3c(F)cccc32)oc1C(=O)O. The number of hydrogen-bond acceptors (Lipinski definition) is 2. The topological polar surface area (TPSA) is 55.4 Å². The lowest BCUT2D eigenvalue weighted by Gasteiger charge is -2.02. The van der Waals surface area contributed by atoms with E-state index in [4.69, 9.17) is 9.52 Å². The second-order valence-corrected chi connectivity index (χ2v) is 4.65. The van der Waals surface area contributed by atoms with Gasteiger partial charge in [-0.15, -0.1) is 0 Å². The van der Waals surface area contributed by atoms with E-state index in [1.807, 2.05) is 10.6 Å². The quantitative estimate of drug-likeness (QED) is 0.795. The number of fused-ring (bicyclic) bond motifs is 1. The zero-order valence-electron chi connectivity index (χ0n) is 10.8. The van der Waals surface area contributed by atoms with Crippen LogP contribution in [-0.2, 0) is 6.54 Å². The Kier molecular flexibility index (Phi) is 2.82. The minimum atomic E-state index is -1.09. The van der Waals surface area contributed by atoms with Gasteiger partial charge in [0.1, 0.15) is 11.6 Å². The minimum Gasteiger partial charge on any atom is -0.475 e. The Labute approximate surface area is 114 Å². The van der Waals surface area contributed by atoms with E-state index in [0.29, 0.717) is 23.3 Å². The number of carboxylic acid groups (broad SMARTS) is 1. The van der Waals surface area contributed by atoms with E-state index in [2.05, 4.69) is 0 Å². The fraction of sp³-hybridized carbons (Fsp3) is 0.133. The predicted molar refractivity (Wildman–Crippen MR) is 71.4 cm³/mol. The van der Waals surface area contributed by atoms with E-state index in [9.17, 15) is 9.18 Å². The first-order valence-corrected chi connectivity index (χ1v) is 6.12. The summed E-state index contributed by atoms with van der Waals surface area (Å²) in [5.74, 6) is -0.885. The van der Waals surface area contributed by atoms with Gasteiger partial charge in [0.15, 0.2) is 0 Å². The van der Waals surface area contributed by atoms with Crippen molar-refractivity contribution in [2.24, 2.45) is 0 Å². The molecule has 3 rings (SSSR count). The van der Waals surface area contributed by atoms with Gasteiger partial charge in [0.2, 0.25) is 5.76 Å². The van der Waals surface area contributed by atoms with Crippen molar-refractivity contribution in [3.63, 3.8) is 0 Å². The van der Waals surface area contributed by atoms with Gasteiger partial charge in [-0.1, -0.05) is 6.07 Å². The van der Waals surface area contributed by atoms with Gasteiger partial charge < -0.3 is 14.1 Å². The van der Waals surface area contributed by atoms with Crippen molar-refractivity contribution >= 4 is 16.9 Å².